The summed E-state index contributed by atoms with van der Waals surface area (Å²) in [7, 11) is 0. The summed E-state index contributed by atoms with van der Waals surface area (Å²) < 4.78 is 22.7. The number of hydrogen-bond acceptors (Lipinski definition) is 4. The van der Waals surface area contributed by atoms with Crippen LogP contribution in [0, 0.1) is 5.92 Å². The van der Waals surface area contributed by atoms with Gasteiger partial charge in [0.1, 0.15) is 11.5 Å². The Hall–Kier alpha value is -2.04. The van der Waals surface area contributed by atoms with E-state index in [4.69, 9.17) is 18.9 Å². The molecule has 0 heterocycles. The van der Waals surface area contributed by atoms with Gasteiger partial charge in [-0.15, -0.1) is 0 Å². The second-order valence-electron chi connectivity index (χ2n) is 10.4. The molecule has 0 aromatic heterocycles. The minimum Gasteiger partial charge on any atom is -0.465 e. The first-order valence-electron chi connectivity index (χ1n) is 13.0. The van der Waals surface area contributed by atoms with Crippen molar-refractivity contribution in [3.8, 4) is 11.5 Å². The minimum absolute atomic E-state index is 0.124. The summed E-state index contributed by atoms with van der Waals surface area (Å²) in [5.74, 6) is 2.38. The van der Waals surface area contributed by atoms with Gasteiger partial charge >= 0.3 is 0 Å². The van der Waals surface area contributed by atoms with Gasteiger partial charge in [-0.1, -0.05) is 45.0 Å². The third-order valence-corrected chi connectivity index (χ3v) is 7.67. The highest BCUT2D eigenvalue weighted by Gasteiger charge is 2.39. The van der Waals surface area contributed by atoms with Crippen LogP contribution in [0.4, 0.5) is 0 Å². The summed E-state index contributed by atoms with van der Waals surface area (Å²) >= 11 is 0. The molecule has 0 saturated heterocycles. The van der Waals surface area contributed by atoms with Crippen molar-refractivity contribution in [1.82, 2.24) is 0 Å². The van der Waals surface area contributed by atoms with Crippen molar-refractivity contribution in [3.63, 3.8) is 0 Å². The van der Waals surface area contributed by atoms with Gasteiger partial charge in [0, 0.05) is 13.2 Å². The number of rotatable bonds is 11. The second kappa shape index (κ2) is 11.6. The van der Waals surface area contributed by atoms with E-state index in [0.717, 1.165) is 11.5 Å². The van der Waals surface area contributed by atoms with Crippen molar-refractivity contribution in [2.45, 2.75) is 97.6 Å². The third-order valence-electron chi connectivity index (χ3n) is 7.67. The molecule has 188 valence electrons. The Kier molecular flexibility index (Phi) is 9.06. The van der Waals surface area contributed by atoms with Crippen LogP contribution < -0.4 is 9.47 Å². The number of benzene rings is 2. The van der Waals surface area contributed by atoms with Gasteiger partial charge in [-0.05, 0) is 106 Å². The fourth-order valence-electron chi connectivity index (χ4n) is 5.32. The zero-order chi connectivity index (χ0) is 24.8. The molecule has 0 bridgehead atoms. The van der Waals surface area contributed by atoms with Crippen LogP contribution in [0.3, 0.4) is 0 Å². The van der Waals surface area contributed by atoms with Crippen LogP contribution in [0.15, 0.2) is 48.5 Å². The first kappa shape index (κ1) is 26.6. The molecule has 0 aliphatic heterocycles. The topological polar surface area (TPSA) is 36.9 Å². The molecule has 3 rings (SSSR count). The SMILES string of the molecule is CCOC(C)Oc1ccc(C2(C)CCC(C(C)(C)c3ccc(OC(C)OCC)cc3)CC2)cc1. The van der Waals surface area contributed by atoms with E-state index in [0.29, 0.717) is 19.1 Å². The first-order chi connectivity index (χ1) is 16.2. The molecule has 0 amide bonds. The van der Waals surface area contributed by atoms with Gasteiger partial charge in [-0.25, -0.2) is 0 Å². The zero-order valence-electron chi connectivity index (χ0n) is 22.2. The molecule has 1 fully saturated rings. The predicted octanol–water partition coefficient (Wildman–Crippen LogP) is 7.63. The molecule has 0 N–H and O–H groups in total. The Bertz CT molecular complexity index is 864. The van der Waals surface area contributed by atoms with Crippen molar-refractivity contribution < 1.29 is 18.9 Å². The summed E-state index contributed by atoms with van der Waals surface area (Å²) in [6, 6.07) is 17.3. The molecule has 1 saturated carbocycles. The molecule has 2 atom stereocenters. The molecule has 2 unspecified atom stereocenters. The normalized spacial score (nSPS) is 22.7. The lowest BCUT2D eigenvalue weighted by Gasteiger charge is -2.44. The van der Waals surface area contributed by atoms with Crippen LogP contribution >= 0.6 is 0 Å². The smallest absolute Gasteiger partial charge is 0.196 e. The summed E-state index contributed by atoms with van der Waals surface area (Å²) in [5, 5.41) is 0. The maximum absolute atomic E-state index is 5.85. The molecule has 2 aromatic rings. The minimum atomic E-state index is -0.228. The van der Waals surface area contributed by atoms with E-state index < -0.39 is 0 Å². The Labute approximate surface area is 207 Å². The predicted molar refractivity (Wildman–Crippen MR) is 139 cm³/mol. The molecule has 4 nitrogen and oxygen atoms in total. The molecular weight excluding hydrogens is 424 g/mol. The largest absolute Gasteiger partial charge is 0.465 e. The standard InChI is InChI=1S/C30H44O4/c1-8-31-22(3)33-27-14-10-24(11-15-27)29(5,6)25-18-20-30(7,21-19-25)26-12-16-28(17-13-26)34-23(4)32-9-2/h10-17,22-23,25H,8-9,18-21H2,1-7H3. The number of ether oxygens (including phenoxy) is 4. The highest BCUT2D eigenvalue weighted by Crippen LogP contribution is 2.48. The zero-order valence-corrected chi connectivity index (χ0v) is 22.2. The molecule has 0 spiro atoms. The molecule has 34 heavy (non-hydrogen) atoms. The van der Waals surface area contributed by atoms with Crippen LogP contribution in [0.5, 0.6) is 11.5 Å². The van der Waals surface area contributed by atoms with Gasteiger partial charge < -0.3 is 18.9 Å². The lowest BCUT2D eigenvalue weighted by Crippen LogP contribution is -2.37. The van der Waals surface area contributed by atoms with Crippen molar-refractivity contribution in [1.29, 1.82) is 0 Å². The molecule has 4 heteroatoms. The van der Waals surface area contributed by atoms with Crippen LogP contribution in [0.1, 0.15) is 85.3 Å². The fraction of sp³-hybridized carbons (Fsp3) is 0.600. The maximum atomic E-state index is 5.85. The average Bonchev–Trinajstić information content (AvgIpc) is 2.80. The van der Waals surface area contributed by atoms with Crippen LogP contribution in [-0.2, 0) is 20.3 Å². The van der Waals surface area contributed by atoms with E-state index in [1.54, 1.807) is 0 Å². The van der Waals surface area contributed by atoms with Crippen molar-refractivity contribution >= 4 is 0 Å². The van der Waals surface area contributed by atoms with E-state index in [9.17, 15) is 0 Å². The molecule has 1 aliphatic carbocycles. The Morgan fingerprint density at radius 1 is 0.794 bits per heavy atom. The monoisotopic (exact) mass is 468 g/mol. The Balaban J connectivity index is 1.60. The van der Waals surface area contributed by atoms with Gasteiger partial charge in [0.2, 0.25) is 0 Å². The lowest BCUT2D eigenvalue weighted by atomic mass is 9.60. The number of hydrogen-bond donors (Lipinski definition) is 0. The summed E-state index contributed by atoms with van der Waals surface area (Å²) in [6.45, 7) is 16.3. The van der Waals surface area contributed by atoms with Gasteiger partial charge in [-0.2, -0.15) is 0 Å². The summed E-state index contributed by atoms with van der Waals surface area (Å²) in [4.78, 5) is 0. The highest BCUT2D eigenvalue weighted by atomic mass is 16.7. The Morgan fingerprint density at radius 3 is 1.68 bits per heavy atom. The van der Waals surface area contributed by atoms with Gasteiger partial charge in [0.15, 0.2) is 12.6 Å². The quantitative estimate of drug-likeness (QED) is 0.318. The van der Waals surface area contributed by atoms with Crippen LogP contribution in [0.2, 0.25) is 0 Å². The van der Waals surface area contributed by atoms with E-state index >= 15 is 0 Å². The van der Waals surface area contributed by atoms with Crippen molar-refractivity contribution in [2.24, 2.45) is 5.92 Å². The molecular formula is C30H44O4. The molecule has 0 radical (unpaired) electrons. The fourth-order valence-corrected chi connectivity index (χ4v) is 5.32. The van der Waals surface area contributed by atoms with Crippen LogP contribution in [0.25, 0.3) is 0 Å². The van der Waals surface area contributed by atoms with E-state index in [-0.39, 0.29) is 23.4 Å². The Morgan fingerprint density at radius 2 is 1.24 bits per heavy atom. The lowest BCUT2D eigenvalue weighted by molar-refractivity contribution is -0.0616. The van der Waals surface area contributed by atoms with Crippen molar-refractivity contribution in [3.05, 3.63) is 59.7 Å². The first-order valence-corrected chi connectivity index (χ1v) is 13.0. The summed E-state index contributed by atoms with van der Waals surface area (Å²) in [6.07, 6.45) is 4.39. The van der Waals surface area contributed by atoms with E-state index in [2.05, 4.69) is 69.3 Å². The highest BCUT2D eigenvalue weighted by molar-refractivity contribution is 5.34. The van der Waals surface area contributed by atoms with E-state index in [1.807, 2.05) is 27.7 Å². The molecule has 2 aromatic carbocycles. The van der Waals surface area contributed by atoms with Gasteiger partial charge in [-0.3, -0.25) is 0 Å². The maximum Gasteiger partial charge on any atom is 0.196 e. The van der Waals surface area contributed by atoms with Gasteiger partial charge in [0.05, 0.1) is 0 Å². The third kappa shape index (κ3) is 6.55. The summed E-state index contributed by atoms with van der Waals surface area (Å²) in [5.41, 5.74) is 3.12. The molecule has 1 aliphatic rings. The van der Waals surface area contributed by atoms with E-state index in [1.165, 1.54) is 36.8 Å². The second-order valence-corrected chi connectivity index (χ2v) is 10.4. The average molecular weight is 469 g/mol. The van der Waals surface area contributed by atoms with Crippen LogP contribution in [-0.4, -0.2) is 25.8 Å². The van der Waals surface area contributed by atoms with Crippen molar-refractivity contribution in [2.75, 3.05) is 13.2 Å². The van der Waals surface area contributed by atoms with Gasteiger partial charge in [0.25, 0.3) is 0 Å².